The Morgan fingerprint density at radius 2 is 1.70 bits per heavy atom. The van der Waals surface area contributed by atoms with Gasteiger partial charge in [0.1, 0.15) is 4.90 Å². The standard InChI is InChI=1S/C18H26ClN3O3S.ClH/c19-16-8-4-5-9-17(16)26(24,25)22-12-10-21(11-13-22)14-18(23)20-15-6-2-1-3-7-15;/h4-5,8-9,15H,1-3,6-7,10-14H2,(H,20,23);1H. The Labute approximate surface area is 172 Å². The number of nitrogens with one attached hydrogen (secondary N) is 1. The van der Waals surface area contributed by atoms with Gasteiger partial charge in [0, 0.05) is 32.2 Å². The molecule has 9 heteroatoms. The SMILES string of the molecule is Cl.O=C(CN1CCN(S(=O)(=O)c2ccccc2Cl)CC1)NC1CCCCC1. The van der Waals surface area contributed by atoms with E-state index in [0.29, 0.717) is 38.8 Å². The number of carbonyl (C=O) groups is 1. The Morgan fingerprint density at radius 3 is 2.33 bits per heavy atom. The van der Waals surface area contributed by atoms with Gasteiger partial charge in [-0.05, 0) is 25.0 Å². The largest absolute Gasteiger partial charge is 0.352 e. The summed E-state index contributed by atoms with van der Waals surface area (Å²) in [6.07, 6.45) is 5.76. The van der Waals surface area contributed by atoms with Crippen LogP contribution in [0.5, 0.6) is 0 Å². The van der Waals surface area contributed by atoms with Gasteiger partial charge in [-0.1, -0.05) is 43.0 Å². The van der Waals surface area contributed by atoms with E-state index in [2.05, 4.69) is 5.32 Å². The summed E-state index contributed by atoms with van der Waals surface area (Å²) in [7, 11) is -3.59. The molecule has 152 valence electrons. The molecule has 27 heavy (non-hydrogen) atoms. The maximum absolute atomic E-state index is 12.7. The van der Waals surface area contributed by atoms with Crippen LogP contribution >= 0.6 is 24.0 Å². The van der Waals surface area contributed by atoms with Crippen LogP contribution < -0.4 is 5.32 Å². The molecule has 1 N–H and O–H groups in total. The Bertz CT molecular complexity index is 731. The third-order valence-corrected chi connectivity index (χ3v) is 7.52. The first-order chi connectivity index (χ1) is 12.5. The van der Waals surface area contributed by atoms with Crippen LogP contribution in [0.3, 0.4) is 0 Å². The van der Waals surface area contributed by atoms with Crippen LogP contribution in [-0.2, 0) is 14.8 Å². The second kappa shape index (κ2) is 10.1. The number of nitrogens with zero attached hydrogens (tertiary/aromatic N) is 2. The number of rotatable bonds is 5. The molecule has 2 fully saturated rings. The van der Waals surface area contributed by atoms with Gasteiger partial charge in [0.2, 0.25) is 15.9 Å². The number of hydrogen-bond donors (Lipinski definition) is 1. The Balaban J connectivity index is 0.00000261. The topological polar surface area (TPSA) is 69.7 Å². The zero-order valence-corrected chi connectivity index (χ0v) is 17.7. The molecule has 1 saturated carbocycles. The molecule has 0 unspecified atom stereocenters. The summed E-state index contributed by atoms with van der Waals surface area (Å²) in [6.45, 7) is 2.15. The molecular formula is C18H27Cl2N3O3S. The highest BCUT2D eigenvalue weighted by Gasteiger charge is 2.30. The van der Waals surface area contributed by atoms with Crippen LogP contribution in [0, 0.1) is 0 Å². The third-order valence-electron chi connectivity index (χ3n) is 5.12. The minimum absolute atomic E-state index is 0. The van der Waals surface area contributed by atoms with Crippen LogP contribution in [-0.4, -0.2) is 62.3 Å². The van der Waals surface area contributed by atoms with Gasteiger partial charge in [-0.15, -0.1) is 12.4 Å². The van der Waals surface area contributed by atoms with E-state index in [1.54, 1.807) is 18.2 Å². The molecule has 3 rings (SSSR count). The molecule has 2 aliphatic rings. The van der Waals surface area contributed by atoms with Gasteiger partial charge in [-0.25, -0.2) is 8.42 Å². The molecule has 1 aromatic carbocycles. The minimum Gasteiger partial charge on any atom is -0.352 e. The van der Waals surface area contributed by atoms with E-state index in [1.165, 1.54) is 29.6 Å². The van der Waals surface area contributed by atoms with Gasteiger partial charge in [-0.3, -0.25) is 9.69 Å². The van der Waals surface area contributed by atoms with Crippen LogP contribution in [0.2, 0.25) is 5.02 Å². The van der Waals surface area contributed by atoms with Crippen molar-refractivity contribution < 1.29 is 13.2 Å². The molecule has 6 nitrogen and oxygen atoms in total. The van der Waals surface area contributed by atoms with Gasteiger partial charge >= 0.3 is 0 Å². The van der Waals surface area contributed by atoms with Gasteiger partial charge in [0.05, 0.1) is 11.6 Å². The number of sulfonamides is 1. The number of hydrogen-bond acceptors (Lipinski definition) is 4. The Morgan fingerprint density at radius 1 is 1.07 bits per heavy atom. The van der Waals surface area contributed by atoms with Crippen molar-refractivity contribution in [3.63, 3.8) is 0 Å². The van der Waals surface area contributed by atoms with Crippen molar-refractivity contribution in [2.45, 2.75) is 43.0 Å². The predicted molar refractivity (Wildman–Crippen MR) is 109 cm³/mol. The first-order valence-corrected chi connectivity index (χ1v) is 11.0. The zero-order chi connectivity index (χ0) is 18.6. The summed E-state index contributed by atoms with van der Waals surface area (Å²) in [5, 5.41) is 3.35. The number of amides is 1. The van der Waals surface area contributed by atoms with Crippen LogP contribution in [0.4, 0.5) is 0 Å². The maximum Gasteiger partial charge on any atom is 0.244 e. The summed E-state index contributed by atoms with van der Waals surface area (Å²) in [5.74, 6) is 0.0410. The van der Waals surface area contributed by atoms with E-state index >= 15 is 0 Å². The minimum atomic E-state index is -3.59. The molecular weight excluding hydrogens is 409 g/mol. The summed E-state index contributed by atoms with van der Waals surface area (Å²) >= 11 is 6.05. The highest BCUT2D eigenvalue weighted by Crippen LogP contribution is 2.25. The van der Waals surface area contributed by atoms with E-state index in [-0.39, 0.29) is 28.2 Å². The molecule has 1 heterocycles. The van der Waals surface area contributed by atoms with Crippen LogP contribution in [0.25, 0.3) is 0 Å². The lowest BCUT2D eigenvalue weighted by molar-refractivity contribution is -0.123. The van der Waals surface area contributed by atoms with Crippen LogP contribution in [0.1, 0.15) is 32.1 Å². The van der Waals surface area contributed by atoms with E-state index in [9.17, 15) is 13.2 Å². The van der Waals surface area contributed by atoms with E-state index in [1.807, 2.05) is 4.90 Å². The highest BCUT2D eigenvalue weighted by atomic mass is 35.5. The van der Waals surface area contributed by atoms with Crippen molar-refractivity contribution in [3.05, 3.63) is 29.3 Å². The van der Waals surface area contributed by atoms with Gasteiger partial charge < -0.3 is 5.32 Å². The number of benzene rings is 1. The first kappa shape index (κ1) is 22.4. The maximum atomic E-state index is 12.7. The molecule has 0 bridgehead atoms. The van der Waals surface area contributed by atoms with Gasteiger partial charge in [0.25, 0.3) is 0 Å². The molecule has 1 saturated heterocycles. The van der Waals surface area contributed by atoms with Crippen molar-refractivity contribution in [1.29, 1.82) is 0 Å². The lowest BCUT2D eigenvalue weighted by Gasteiger charge is -2.34. The lowest BCUT2D eigenvalue weighted by Crippen LogP contribution is -2.51. The van der Waals surface area contributed by atoms with E-state index in [4.69, 9.17) is 11.6 Å². The summed E-state index contributed by atoms with van der Waals surface area (Å²) < 4.78 is 26.9. The van der Waals surface area contributed by atoms with Crippen molar-refractivity contribution in [1.82, 2.24) is 14.5 Å². The molecule has 0 atom stereocenters. The van der Waals surface area contributed by atoms with Crippen molar-refractivity contribution in [3.8, 4) is 0 Å². The molecule has 0 aromatic heterocycles. The monoisotopic (exact) mass is 435 g/mol. The van der Waals surface area contributed by atoms with Crippen molar-refractivity contribution >= 4 is 39.9 Å². The molecule has 1 aliphatic heterocycles. The first-order valence-electron chi connectivity index (χ1n) is 9.23. The number of piperazine rings is 1. The second-order valence-electron chi connectivity index (χ2n) is 7.01. The Kier molecular flexibility index (Phi) is 8.37. The average molecular weight is 436 g/mol. The van der Waals surface area contributed by atoms with E-state index in [0.717, 1.165) is 12.8 Å². The zero-order valence-electron chi connectivity index (χ0n) is 15.3. The fourth-order valence-electron chi connectivity index (χ4n) is 3.64. The fraction of sp³-hybridized carbons (Fsp3) is 0.611. The average Bonchev–Trinajstić information content (AvgIpc) is 2.63. The highest BCUT2D eigenvalue weighted by molar-refractivity contribution is 7.89. The molecule has 1 aromatic rings. The Hall–Kier alpha value is -0.860. The summed E-state index contributed by atoms with van der Waals surface area (Å²) in [6, 6.07) is 6.80. The van der Waals surface area contributed by atoms with Crippen LogP contribution in [0.15, 0.2) is 29.2 Å². The molecule has 0 spiro atoms. The smallest absolute Gasteiger partial charge is 0.244 e. The lowest BCUT2D eigenvalue weighted by atomic mass is 9.95. The summed E-state index contributed by atoms with van der Waals surface area (Å²) in [4.78, 5) is 14.4. The van der Waals surface area contributed by atoms with Gasteiger partial charge in [0.15, 0.2) is 0 Å². The molecule has 1 aliphatic carbocycles. The molecule has 0 radical (unpaired) electrons. The van der Waals surface area contributed by atoms with Crippen molar-refractivity contribution in [2.24, 2.45) is 0 Å². The quantitative estimate of drug-likeness (QED) is 0.770. The number of carbonyl (C=O) groups excluding carboxylic acids is 1. The predicted octanol–water partition coefficient (Wildman–Crippen LogP) is 2.52. The third kappa shape index (κ3) is 5.81. The van der Waals surface area contributed by atoms with Gasteiger partial charge in [-0.2, -0.15) is 4.31 Å². The summed E-state index contributed by atoms with van der Waals surface area (Å²) in [5.41, 5.74) is 0. The van der Waals surface area contributed by atoms with Crippen molar-refractivity contribution in [2.75, 3.05) is 32.7 Å². The second-order valence-corrected chi connectivity index (χ2v) is 9.33. The normalized spacial score (nSPS) is 20.0. The fourth-order valence-corrected chi connectivity index (χ4v) is 5.56. The van der Waals surface area contributed by atoms with E-state index < -0.39 is 10.0 Å². The number of halogens is 2. The molecule has 1 amide bonds.